The number of rotatable bonds is 3. The fraction of sp³-hybridized carbons (Fsp3) is 0.647. The van der Waals surface area contributed by atoms with Crippen LogP contribution in [-0.4, -0.2) is 19.7 Å². The molecule has 19 heavy (non-hydrogen) atoms. The summed E-state index contributed by atoms with van der Waals surface area (Å²) in [6, 6.07) is 6.48. The molecule has 1 aromatic rings. The van der Waals surface area contributed by atoms with E-state index in [2.05, 4.69) is 51.2 Å². The summed E-state index contributed by atoms with van der Waals surface area (Å²) in [7, 11) is 0. The zero-order valence-electron chi connectivity index (χ0n) is 12.8. The van der Waals surface area contributed by atoms with Gasteiger partial charge in [0.2, 0.25) is 0 Å². The molecule has 2 rings (SSSR count). The molecule has 1 aromatic carbocycles. The van der Waals surface area contributed by atoms with Crippen molar-refractivity contribution in [2.75, 3.05) is 19.7 Å². The quantitative estimate of drug-likeness (QED) is 0.896. The van der Waals surface area contributed by atoms with Crippen molar-refractivity contribution in [2.24, 2.45) is 5.92 Å². The first kappa shape index (κ1) is 14.4. The first-order valence-electron chi connectivity index (χ1n) is 7.42. The van der Waals surface area contributed by atoms with Crippen LogP contribution in [0.1, 0.15) is 44.7 Å². The highest BCUT2D eigenvalue weighted by atomic mass is 16.5. The molecule has 0 atom stereocenters. The third kappa shape index (κ3) is 3.73. The third-order valence-corrected chi connectivity index (χ3v) is 3.94. The maximum Gasteiger partial charge on any atom is 0.125 e. The number of nitrogens with one attached hydrogen (secondary N) is 1. The Morgan fingerprint density at radius 3 is 2.53 bits per heavy atom. The van der Waals surface area contributed by atoms with E-state index in [0.29, 0.717) is 5.92 Å². The van der Waals surface area contributed by atoms with Gasteiger partial charge >= 0.3 is 0 Å². The monoisotopic (exact) mass is 261 g/mol. The maximum absolute atomic E-state index is 6.21. The minimum absolute atomic E-state index is 0.134. The van der Waals surface area contributed by atoms with Gasteiger partial charge in [0.1, 0.15) is 5.75 Å². The van der Waals surface area contributed by atoms with Crippen molar-refractivity contribution in [1.82, 2.24) is 5.32 Å². The molecule has 2 heteroatoms. The van der Waals surface area contributed by atoms with Crippen LogP contribution in [0.5, 0.6) is 5.75 Å². The molecule has 0 bridgehead atoms. The summed E-state index contributed by atoms with van der Waals surface area (Å²) in [5.41, 5.74) is 2.71. The molecule has 0 radical (unpaired) electrons. The van der Waals surface area contributed by atoms with Gasteiger partial charge in [-0.15, -0.1) is 0 Å². The second-order valence-corrected chi connectivity index (χ2v) is 6.71. The summed E-state index contributed by atoms with van der Waals surface area (Å²) in [6.45, 7) is 12.0. The van der Waals surface area contributed by atoms with Crippen molar-refractivity contribution in [3.8, 4) is 5.75 Å². The van der Waals surface area contributed by atoms with Crippen LogP contribution in [0.15, 0.2) is 18.2 Å². The van der Waals surface area contributed by atoms with E-state index in [1.807, 2.05) is 0 Å². The molecule has 1 aliphatic heterocycles. The molecule has 1 N–H and O–H groups in total. The SMILES string of the molecule is Cc1cccc(C(C)(C)C)c1OCC1CCNCC1. The van der Waals surface area contributed by atoms with Gasteiger partial charge in [-0.05, 0) is 55.3 Å². The van der Waals surface area contributed by atoms with Gasteiger partial charge in [0.25, 0.3) is 0 Å². The van der Waals surface area contributed by atoms with Crippen molar-refractivity contribution in [1.29, 1.82) is 0 Å². The fourth-order valence-electron chi connectivity index (χ4n) is 2.68. The standard InChI is InChI=1S/C17H27NO/c1-13-6-5-7-15(17(2,3)4)16(13)19-12-14-8-10-18-11-9-14/h5-7,14,18H,8-12H2,1-4H3. The number of piperidine rings is 1. The largest absolute Gasteiger partial charge is 0.493 e. The van der Waals surface area contributed by atoms with E-state index in [9.17, 15) is 0 Å². The molecule has 106 valence electrons. The van der Waals surface area contributed by atoms with E-state index in [4.69, 9.17) is 4.74 Å². The van der Waals surface area contributed by atoms with Crippen LogP contribution in [0.4, 0.5) is 0 Å². The Bertz CT molecular complexity index is 414. The Morgan fingerprint density at radius 2 is 1.89 bits per heavy atom. The number of para-hydroxylation sites is 1. The van der Waals surface area contributed by atoms with Crippen molar-refractivity contribution in [3.63, 3.8) is 0 Å². The molecule has 1 saturated heterocycles. The minimum Gasteiger partial charge on any atom is -0.493 e. The number of benzene rings is 1. The van der Waals surface area contributed by atoms with E-state index in [0.717, 1.165) is 25.4 Å². The highest BCUT2D eigenvalue weighted by molar-refractivity contribution is 5.44. The number of hydrogen-bond acceptors (Lipinski definition) is 2. The Morgan fingerprint density at radius 1 is 1.21 bits per heavy atom. The molecule has 0 unspecified atom stereocenters. The van der Waals surface area contributed by atoms with Crippen LogP contribution in [0, 0.1) is 12.8 Å². The van der Waals surface area contributed by atoms with E-state index >= 15 is 0 Å². The van der Waals surface area contributed by atoms with Crippen LogP contribution in [0.2, 0.25) is 0 Å². The Balaban J connectivity index is 2.10. The molecule has 0 spiro atoms. The van der Waals surface area contributed by atoms with Crippen LogP contribution < -0.4 is 10.1 Å². The predicted octanol–water partition coefficient (Wildman–Crippen LogP) is 3.67. The molecule has 2 nitrogen and oxygen atoms in total. The van der Waals surface area contributed by atoms with Crippen molar-refractivity contribution < 1.29 is 4.74 Å². The van der Waals surface area contributed by atoms with Gasteiger partial charge in [-0.1, -0.05) is 39.0 Å². The summed E-state index contributed by atoms with van der Waals surface area (Å²) in [4.78, 5) is 0. The van der Waals surface area contributed by atoms with Crippen LogP contribution in [0.3, 0.4) is 0 Å². The Hall–Kier alpha value is -1.02. The van der Waals surface area contributed by atoms with E-state index < -0.39 is 0 Å². The summed E-state index contributed by atoms with van der Waals surface area (Å²) >= 11 is 0. The average Bonchev–Trinajstić information content (AvgIpc) is 2.37. The van der Waals surface area contributed by atoms with Gasteiger partial charge in [0.15, 0.2) is 0 Å². The lowest BCUT2D eigenvalue weighted by molar-refractivity contribution is 0.210. The fourth-order valence-corrected chi connectivity index (χ4v) is 2.68. The summed E-state index contributed by atoms with van der Waals surface area (Å²) < 4.78 is 6.21. The smallest absolute Gasteiger partial charge is 0.125 e. The Kier molecular flexibility index (Phi) is 4.51. The first-order valence-corrected chi connectivity index (χ1v) is 7.42. The third-order valence-electron chi connectivity index (χ3n) is 3.94. The van der Waals surface area contributed by atoms with E-state index in [1.54, 1.807) is 0 Å². The topological polar surface area (TPSA) is 21.3 Å². The number of ether oxygens (including phenoxy) is 1. The second-order valence-electron chi connectivity index (χ2n) is 6.71. The van der Waals surface area contributed by atoms with Gasteiger partial charge < -0.3 is 10.1 Å². The molecule has 1 aliphatic rings. The molecular formula is C17H27NO. The minimum atomic E-state index is 0.134. The molecular weight excluding hydrogens is 234 g/mol. The van der Waals surface area contributed by atoms with Gasteiger partial charge in [-0.2, -0.15) is 0 Å². The van der Waals surface area contributed by atoms with E-state index in [1.165, 1.54) is 24.0 Å². The number of aryl methyl sites for hydroxylation is 1. The predicted molar refractivity (Wildman–Crippen MR) is 81.0 cm³/mol. The molecule has 0 aromatic heterocycles. The van der Waals surface area contributed by atoms with Crippen LogP contribution in [-0.2, 0) is 5.41 Å². The molecule has 1 heterocycles. The van der Waals surface area contributed by atoms with Gasteiger partial charge in [0.05, 0.1) is 6.61 Å². The zero-order chi connectivity index (χ0) is 13.9. The summed E-state index contributed by atoms with van der Waals surface area (Å²) in [6.07, 6.45) is 2.47. The number of hydrogen-bond donors (Lipinski definition) is 1. The highest BCUT2D eigenvalue weighted by Crippen LogP contribution is 2.34. The lowest BCUT2D eigenvalue weighted by Crippen LogP contribution is -2.31. The van der Waals surface area contributed by atoms with Gasteiger partial charge in [-0.25, -0.2) is 0 Å². The summed E-state index contributed by atoms with van der Waals surface area (Å²) in [5, 5.41) is 3.40. The van der Waals surface area contributed by atoms with Crippen LogP contribution in [0.25, 0.3) is 0 Å². The van der Waals surface area contributed by atoms with E-state index in [-0.39, 0.29) is 5.41 Å². The van der Waals surface area contributed by atoms with Gasteiger partial charge in [0, 0.05) is 0 Å². The maximum atomic E-state index is 6.21. The second kappa shape index (κ2) is 5.96. The summed E-state index contributed by atoms with van der Waals surface area (Å²) in [5.74, 6) is 1.81. The van der Waals surface area contributed by atoms with Gasteiger partial charge in [-0.3, -0.25) is 0 Å². The zero-order valence-corrected chi connectivity index (χ0v) is 12.8. The molecule has 0 amide bonds. The first-order chi connectivity index (χ1) is 8.98. The Labute approximate surface area is 117 Å². The molecule has 1 fully saturated rings. The van der Waals surface area contributed by atoms with Crippen molar-refractivity contribution in [2.45, 2.75) is 46.0 Å². The lowest BCUT2D eigenvalue weighted by Gasteiger charge is -2.27. The lowest BCUT2D eigenvalue weighted by atomic mass is 9.85. The van der Waals surface area contributed by atoms with Crippen molar-refractivity contribution in [3.05, 3.63) is 29.3 Å². The molecule has 0 saturated carbocycles. The normalized spacial score (nSPS) is 17.5. The highest BCUT2D eigenvalue weighted by Gasteiger charge is 2.21. The van der Waals surface area contributed by atoms with Crippen LogP contribution >= 0.6 is 0 Å². The average molecular weight is 261 g/mol. The van der Waals surface area contributed by atoms with Crippen molar-refractivity contribution >= 4 is 0 Å². The molecule has 0 aliphatic carbocycles.